The van der Waals surface area contributed by atoms with Gasteiger partial charge in [-0.1, -0.05) is 0 Å². The number of Topliss-reactive ketones (excluding diaryl/α,β-unsaturated/α-hetero) is 1. The van der Waals surface area contributed by atoms with Crippen molar-refractivity contribution >= 4 is 23.1 Å². The fourth-order valence-corrected chi connectivity index (χ4v) is 3.91. The molecule has 0 bridgehead atoms. The highest BCUT2D eigenvalue weighted by atomic mass is 16.3. The third-order valence-corrected chi connectivity index (χ3v) is 5.77. The molecule has 0 spiro atoms. The molecule has 1 aliphatic rings. The van der Waals surface area contributed by atoms with Crippen LogP contribution in [-0.4, -0.2) is 56.6 Å². The molecule has 1 unspecified atom stereocenters. The van der Waals surface area contributed by atoms with Gasteiger partial charge in [0, 0.05) is 43.6 Å². The van der Waals surface area contributed by atoms with Crippen LogP contribution < -0.4 is 16.0 Å². The first-order valence-electron chi connectivity index (χ1n) is 11.5. The fourth-order valence-electron chi connectivity index (χ4n) is 3.91. The molecule has 34 heavy (non-hydrogen) atoms. The highest BCUT2D eigenvalue weighted by Crippen LogP contribution is 2.26. The SMILES string of the molecule is C#Cc1cnc(Nc2cc(NCC3CCCNC3)c(-n3ccc(C(=O)CCCO)c3)cn2)cn1. The van der Waals surface area contributed by atoms with Crippen molar-refractivity contribution in [2.75, 3.05) is 36.9 Å². The van der Waals surface area contributed by atoms with Crippen LogP contribution in [0.25, 0.3) is 5.69 Å². The molecule has 0 amide bonds. The molecule has 0 saturated carbocycles. The van der Waals surface area contributed by atoms with E-state index >= 15 is 0 Å². The summed E-state index contributed by atoms with van der Waals surface area (Å²) < 4.78 is 1.89. The van der Waals surface area contributed by atoms with E-state index in [1.165, 1.54) is 19.0 Å². The van der Waals surface area contributed by atoms with Gasteiger partial charge in [-0.25, -0.2) is 15.0 Å². The van der Waals surface area contributed by atoms with E-state index in [0.717, 1.165) is 31.0 Å². The molecule has 1 saturated heterocycles. The van der Waals surface area contributed by atoms with Crippen LogP contribution in [0.1, 0.15) is 41.7 Å². The number of ketones is 1. The molecule has 9 heteroatoms. The predicted octanol–water partition coefficient (Wildman–Crippen LogP) is 2.75. The minimum absolute atomic E-state index is 0.00472. The first-order valence-corrected chi connectivity index (χ1v) is 11.5. The topological polar surface area (TPSA) is 117 Å². The van der Waals surface area contributed by atoms with Gasteiger partial charge in [0.1, 0.15) is 17.3 Å². The second-order valence-electron chi connectivity index (χ2n) is 8.29. The van der Waals surface area contributed by atoms with Gasteiger partial charge >= 0.3 is 0 Å². The van der Waals surface area contributed by atoms with Crippen LogP contribution in [0.3, 0.4) is 0 Å². The summed E-state index contributed by atoms with van der Waals surface area (Å²) in [6.45, 7) is 2.89. The van der Waals surface area contributed by atoms with Gasteiger partial charge < -0.3 is 25.6 Å². The summed E-state index contributed by atoms with van der Waals surface area (Å²) in [5.74, 6) is 4.15. The van der Waals surface area contributed by atoms with Gasteiger partial charge in [-0.15, -0.1) is 6.42 Å². The van der Waals surface area contributed by atoms with Crippen LogP contribution in [0.4, 0.5) is 17.3 Å². The third-order valence-electron chi connectivity index (χ3n) is 5.77. The van der Waals surface area contributed by atoms with E-state index in [9.17, 15) is 4.79 Å². The van der Waals surface area contributed by atoms with Crippen molar-refractivity contribution in [3.63, 3.8) is 0 Å². The minimum Gasteiger partial charge on any atom is -0.396 e. The Kier molecular flexibility index (Phi) is 7.86. The molecule has 0 aromatic carbocycles. The van der Waals surface area contributed by atoms with E-state index in [1.807, 2.05) is 16.8 Å². The number of carbonyl (C=O) groups is 1. The smallest absolute Gasteiger partial charge is 0.164 e. The third kappa shape index (κ3) is 5.98. The van der Waals surface area contributed by atoms with Crippen LogP contribution in [0, 0.1) is 18.3 Å². The van der Waals surface area contributed by atoms with Gasteiger partial charge in [-0.2, -0.15) is 0 Å². The number of aliphatic hydroxyl groups excluding tert-OH is 1. The highest BCUT2D eigenvalue weighted by Gasteiger charge is 2.16. The first-order chi connectivity index (χ1) is 16.7. The van der Waals surface area contributed by atoms with Crippen LogP contribution >= 0.6 is 0 Å². The summed E-state index contributed by atoms with van der Waals surface area (Å²) in [5, 5.41) is 19.2. The summed E-state index contributed by atoms with van der Waals surface area (Å²) >= 11 is 0. The number of pyridine rings is 1. The average Bonchev–Trinajstić information content (AvgIpc) is 3.37. The van der Waals surface area contributed by atoms with Gasteiger partial charge in [-0.05, 0) is 50.3 Å². The Hall–Kier alpha value is -3.74. The molecular weight excluding hydrogens is 430 g/mol. The number of hydrogen-bond donors (Lipinski definition) is 4. The maximum absolute atomic E-state index is 12.4. The largest absolute Gasteiger partial charge is 0.396 e. The van der Waals surface area contributed by atoms with Crippen LogP contribution in [-0.2, 0) is 0 Å². The van der Waals surface area contributed by atoms with Crippen LogP contribution in [0.5, 0.6) is 0 Å². The fraction of sp³-hybridized carbons (Fsp3) is 0.360. The molecule has 1 fully saturated rings. The number of aliphatic hydroxyl groups is 1. The number of nitrogens with zero attached hydrogens (tertiary/aromatic N) is 4. The number of aromatic nitrogens is 4. The zero-order valence-corrected chi connectivity index (χ0v) is 19.0. The molecule has 1 atom stereocenters. The number of terminal acetylenes is 1. The molecule has 0 radical (unpaired) electrons. The van der Waals surface area contributed by atoms with E-state index in [2.05, 4.69) is 36.8 Å². The number of carbonyl (C=O) groups excluding carboxylic acids is 1. The van der Waals surface area contributed by atoms with Crippen molar-refractivity contribution in [3.05, 3.63) is 54.4 Å². The van der Waals surface area contributed by atoms with Gasteiger partial charge in [0.05, 0.1) is 30.0 Å². The molecule has 4 heterocycles. The molecule has 4 rings (SSSR count). The number of nitrogens with one attached hydrogen (secondary N) is 3. The summed E-state index contributed by atoms with van der Waals surface area (Å²) in [7, 11) is 0. The standard InChI is InChI=1S/C25H29N7O2/c1-2-20-14-29-25(16-27-20)31-24-11-21(28-13-18-5-3-8-26-12-18)22(15-30-24)32-9-7-19(17-32)23(34)6-4-10-33/h1,7,9,11,14-18,26,33H,3-6,8,10,12-13H2,(H2,28,29,30,31). The van der Waals surface area contributed by atoms with Gasteiger partial charge in [-0.3, -0.25) is 4.79 Å². The molecule has 1 aliphatic heterocycles. The van der Waals surface area contributed by atoms with E-state index in [1.54, 1.807) is 24.7 Å². The molecule has 3 aromatic rings. The second kappa shape index (κ2) is 11.4. The Morgan fingerprint density at radius 3 is 2.88 bits per heavy atom. The number of hydrogen-bond acceptors (Lipinski definition) is 8. The summed E-state index contributed by atoms with van der Waals surface area (Å²) in [6, 6.07) is 3.72. The Labute approximate surface area is 199 Å². The van der Waals surface area contributed by atoms with E-state index in [-0.39, 0.29) is 12.4 Å². The highest BCUT2D eigenvalue weighted by molar-refractivity contribution is 5.96. The van der Waals surface area contributed by atoms with Crippen LogP contribution in [0.15, 0.2) is 43.1 Å². The molecule has 3 aromatic heterocycles. The Morgan fingerprint density at radius 1 is 1.26 bits per heavy atom. The molecule has 0 aliphatic carbocycles. The van der Waals surface area contributed by atoms with Gasteiger partial charge in [0.2, 0.25) is 0 Å². The molecule has 4 N–H and O–H groups in total. The lowest BCUT2D eigenvalue weighted by Crippen LogP contribution is -2.33. The number of anilines is 3. The van der Waals surface area contributed by atoms with E-state index in [0.29, 0.717) is 41.7 Å². The van der Waals surface area contributed by atoms with E-state index in [4.69, 9.17) is 11.5 Å². The van der Waals surface area contributed by atoms with Gasteiger partial charge in [0.25, 0.3) is 0 Å². The van der Waals surface area contributed by atoms with Crippen molar-refractivity contribution in [1.29, 1.82) is 0 Å². The first kappa shape index (κ1) is 23.4. The summed E-state index contributed by atoms with van der Waals surface area (Å²) in [6.07, 6.45) is 17.0. The lowest BCUT2D eigenvalue weighted by molar-refractivity contribution is 0.0971. The number of piperidine rings is 1. The van der Waals surface area contributed by atoms with Crippen molar-refractivity contribution in [2.24, 2.45) is 5.92 Å². The second-order valence-corrected chi connectivity index (χ2v) is 8.29. The quantitative estimate of drug-likeness (QED) is 0.270. The molecule has 9 nitrogen and oxygen atoms in total. The normalized spacial score (nSPS) is 15.5. The number of rotatable bonds is 10. The van der Waals surface area contributed by atoms with Crippen molar-refractivity contribution < 1.29 is 9.90 Å². The molecular formula is C25H29N7O2. The van der Waals surface area contributed by atoms with Crippen molar-refractivity contribution in [3.8, 4) is 18.0 Å². The minimum atomic E-state index is 0.00472. The Morgan fingerprint density at radius 2 is 2.15 bits per heavy atom. The Bertz CT molecular complexity index is 1140. The average molecular weight is 460 g/mol. The lowest BCUT2D eigenvalue weighted by atomic mass is 10.00. The predicted molar refractivity (Wildman–Crippen MR) is 132 cm³/mol. The zero-order valence-electron chi connectivity index (χ0n) is 19.0. The maximum atomic E-state index is 12.4. The lowest BCUT2D eigenvalue weighted by Gasteiger charge is -2.24. The maximum Gasteiger partial charge on any atom is 0.164 e. The monoisotopic (exact) mass is 459 g/mol. The Balaban J connectivity index is 1.57. The van der Waals surface area contributed by atoms with Gasteiger partial charge in [0.15, 0.2) is 5.78 Å². The molecule has 176 valence electrons. The van der Waals surface area contributed by atoms with Crippen molar-refractivity contribution in [2.45, 2.75) is 25.7 Å². The van der Waals surface area contributed by atoms with E-state index < -0.39 is 0 Å². The summed E-state index contributed by atoms with van der Waals surface area (Å²) in [4.78, 5) is 25.3. The zero-order chi connectivity index (χ0) is 23.8. The summed E-state index contributed by atoms with van der Waals surface area (Å²) in [5.41, 5.74) is 2.81. The van der Waals surface area contributed by atoms with Crippen molar-refractivity contribution in [1.82, 2.24) is 24.8 Å². The van der Waals surface area contributed by atoms with Crippen LogP contribution in [0.2, 0.25) is 0 Å².